The van der Waals surface area contributed by atoms with E-state index < -0.39 is 0 Å². The van der Waals surface area contributed by atoms with Crippen molar-refractivity contribution >= 4 is 5.91 Å². The monoisotopic (exact) mass is 183 g/mol. The van der Waals surface area contributed by atoms with Crippen LogP contribution in [-0.4, -0.2) is 23.4 Å². The first-order chi connectivity index (χ1) is 6.11. The Bertz CT molecular complexity index is 177. The van der Waals surface area contributed by atoms with Gasteiger partial charge in [-0.3, -0.25) is 4.79 Å². The molecule has 0 saturated carbocycles. The van der Waals surface area contributed by atoms with Gasteiger partial charge in [0.1, 0.15) is 0 Å². The van der Waals surface area contributed by atoms with Crippen LogP contribution in [-0.2, 0) is 4.79 Å². The largest absolute Gasteiger partial charge is 0.340 e. The van der Waals surface area contributed by atoms with Gasteiger partial charge in [-0.05, 0) is 31.6 Å². The number of piperidine rings is 1. The van der Waals surface area contributed by atoms with Gasteiger partial charge in [-0.15, -0.1) is 0 Å². The van der Waals surface area contributed by atoms with E-state index >= 15 is 0 Å². The molecule has 76 valence electrons. The molecule has 0 aliphatic carbocycles. The van der Waals surface area contributed by atoms with Crippen LogP contribution >= 0.6 is 0 Å². The molecular weight excluding hydrogens is 162 g/mol. The van der Waals surface area contributed by atoms with Crippen molar-refractivity contribution in [3.63, 3.8) is 0 Å². The van der Waals surface area contributed by atoms with Crippen LogP contribution in [0.15, 0.2) is 0 Å². The quantitative estimate of drug-likeness (QED) is 0.644. The molecule has 1 aliphatic rings. The van der Waals surface area contributed by atoms with Crippen LogP contribution in [0.2, 0.25) is 0 Å². The van der Waals surface area contributed by atoms with Crippen molar-refractivity contribution in [3.8, 4) is 0 Å². The molecule has 0 aromatic heterocycles. The van der Waals surface area contributed by atoms with Gasteiger partial charge >= 0.3 is 0 Å². The summed E-state index contributed by atoms with van der Waals surface area (Å²) in [5, 5.41) is 0. The summed E-state index contributed by atoms with van der Waals surface area (Å²) in [6.07, 6.45) is 4.85. The van der Waals surface area contributed by atoms with Gasteiger partial charge in [0.15, 0.2) is 0 Å². The molecule has 0 aromatic carbocycles. The number of amides is 1. The maximum atomic E-state index is 11.3. The zero-order chi connectivity index (χ0) is 9.84. The van der Waals surface area contributed by atoms with Crippen LogP contribution < -0.4 is 0 Å². The Morgan fingerprint density at radius 2 is 2.15 bits per heavy atom. The number of hydrogen-bond donors (Lipinski definition) is 0. The maximum absolute atomic E-state index is 11.3. The zero-order valence-corrected chi connectivity index (χ0v) is 9.05. The van der Waals surface area contributed by atoms with Gasteiger partial charge in [0, 0.05) is 19.5 Å². The standard InChI is InChI=1S/C11H21NO/c1-9(2)8-11-6-4-5-7-12(11)10(3)13/h9,11H,4-8H2,1-3H3/t11-/m0/s1. The summed E-state index contributed by atoms with van der Waals surface area (Å²) in [4.78, 5) is 13.4. The molecule has 1 rings (SSSR count). The Hall–Kier alpha value is -0.530. The van der Waals surface area contributed by atoms with E-state index in [4.69, 9.17) is 0 Å². The first-order valence-electron chi connectivity index (χ1n) is 5.38. The zero-order valence-electron chi connectivity index (χ0n) is 9.05. The van der Waals surface area contributed by atoms with Crippen LogP contribution in [0.1, 0.15) is 46.5 Å². The highest BCUT2D eigenvalue weighted by atomic mass is 16.2. The summed E-state index contributed by atoms with van der Waals surface area (Å²) in [7, 11) is 0. The number of carbonyl (C=O) groups excluding carboxylic acids is 1. The normalized spacial score (nSPS) is 23.7. The van der Waals surface area contributed by atoms with E-state index in [-0.39, 0.29) is 5.91 Å². The van der Waals surface area contributed by atoms with Crippen molar-refractivity contribution in [1.82, 2.24) is 4.90 Å². The highest BCUT2D eigenvalue weighted by Crippen LogP contribution is 2.22. The molecule has 1 saturated heterocycles. The van der Waals surface area contributed by atoms with E-state index in [1.54, 1.807) is 6.92 Å². The van der Waals surface area contributed by atoms with Crippen LogP contribution in [0.3, 0.4) is 0 Å². The van der Waals surface area contributed by atoms with Crippen molar-refractivity contribution in [1.29, 1.82) is 0 Å². The number of nitrogens with zero attached hydrogens (tertiary/aromatic N) is 1. The average Bonchev–Trinajstić information content (AvgIpc) is 2.03. The molecule has 0 aromatic rings. The molecule has 0 unspecified atom stereocenters. The second-order valence-corrected chi connectivity index (χ2v) is 4.49. The van der Waals surface area contributed by atoms with Crippen molar-refractivity contribution < 1.29 is 4.79 Å². The minimum atomic E-state index is 0.255. The molecule has 2 heteroatoms. The van der Waals surface area contributed by atoms with E-state index in [2.05, 4.69) is 18.7 Å². The third-order valence-corrected chi connectivity index (χ3v) is 2.78. The Labute approximate surface area is 81.3 Å². The molecule has 2 nitrogen and oxygen atoms in total. The second-order valence-electron chi connectivity index (χ2n) is 4.49. The molecule has 1 fully saturated rings. The summed E-state index contributed by atoms with van der Waals surface area (Å²) in [5.41, 5.74) is 0. The van der Waals surface area contributed by atoms with E-state index in [0.717, 1.165) is 6.54 Å². The summed E-state index contributed by atoms with van der Waals surface area (Å²) < 4.78 is 0. The predicted octanol–water partition coefficient (Wildman–Crippen LogP) is 2.43. The van der Waals surface area contributed by atoms with Crippen LogP contribution in [0.4, 0.5) is 0 Å². The summed E-state index contributed by atoms with van der Waals surface area (Å²) in [6.45, 7) is 7.13. The Morgan fingerprint density at radius 1 is 1.46 bits per heavy atom. The lowest BCUT2D eigenvalue weighted by Crippen LogP contribution is -2.43. The summed E-state index contributed by atoms with van der Waals surface area (Å²) in [5.74, 6) is 0.954. The second kappa shape index (κ2) is 4.64. The molecule has 0 bridgehead atoms. The predicted molar refractivity (Wildman–Crippen MR) is 54.5 cm³/mol. The van der Waals surface area contributed by atoms with Crippen molar-refractivity contribution in [3.05, 3.63) is 0 Å². The molecule has 13 heavy (non-hydrogen) atoms. The van der Waals surface area contributed by atoms with Gasteiger partial charge in [-0.1, -0.05) is 13.8 Å². The maximum Gasteiger partial charge on any atom is 0.219 e. The fourth-order valence-corrected chi connectivity index (χ4v) is 2.20. The highest BCUT2D eigenvalue weighted by Gasteiger charge is 2.24. The Balaban J connectivity index is 2.51. The molecular formula is C11H21NO. The highest BCUT2D eigenvalue weighted by molar-refractivity contribution is 5.73. The van der Waals surface area contributed by atoms with Crippen LogP contribution in [0.5, 0.6) is 0 Å². The van der Waals surface area contributed by atoms with E-state index in [1.807, 2.05) is 0 Å². The van der Waals surface area contributed by atoms with Crippen molar-refractivity contribution in [2.75, 3.05) is 6.54 Å². The van der Waals surface area contributed by atoms with E-state index in [9.17, 15) is 4.79 Å². The molecule has 1 aliphatic heterocycles. The summed E-state index contributed by atoms with van der Waals surface area (Å²) >= 11 is 0. The van der Waals surface area contributed by atoms with Crippen LogP contribution in [0.25, 0.3) is 0 Å². The summed E-state index contributed by atoms with van der Waals surface area (Å²) in [6, 6.07) is 0.520. The van der Waals surface area contributed by atoms with Gasteiger partial charge in [-0.25, -0.2) is 0 Å². The average molecular weight is 183 g/mol. The molecule has 0 radical (unpaired) electrons. The van der Waals surface area contributed by atoms with Crippen molar-refractivity contribution in [2.45, 2.75) is 52.5 Å². The topological polar surface area (TPSA) is 20.3 Å². The third kappa shape index (κ3) is 3.02. The number of rotatable bonds is 2. The van der Waals surface area contributed by atoms with Crippen molar-refractivity contribution in [2.24, 2.45) is 5.92 Å². The molecule has 0 N–H and O–H groups in total. The number of carbonyl (C=O) groups is 1. The lowest BCUT2D eigenvalue weighted by molar-refractivity contribution is -0.132. The minimum Gasteiger partial charge on any atom is -0.340 e. The van der Waals surface area contributed by atoms with Gasteiger partial charge in [0.25, 0.3) is 0 Å². The Kier molecular flexibility index (Phi) is 3.76. The lowest BCUT2D eigenvalue weighted by atomic mass is 9.94. The van der Waals surface area contributed by atoms with E-state index in [0.29, 0.717) is 12.0 Å². The lowest BCUT2D eigenvalue weighted by Gasteiger charge is -2.36. The first kappa shape index (κ1) is 10.6. The Morgan fingerprint density at radius 3 is 2.69 bits per heavy atom. The van der Waals surface area contributed by atoms with Crippen LogP contribution in [0, 0.1) is 5.92 Å². The SMILES string of the molecule is CC(=O)N1CCCC[C@H]1CC(C)C. The fourth-order valence-electron chi connectivity index (χ4n) is 2.20. The first-order valence-corrected chi connectivity index (χ1v) is 5.38. The van der Waals surface area contributed by atoms with Gasteiger partial charge in [-0.2, -0.15) is 0 Å². The number of hydrogen-bond acceptors (Lipinski definition) is 1. The van der Waals surface area contributed by atoms with Gasteiger partial charge < -0.3 is 4.90 Å². The molecule has 1 atom stereocenters. The minimum absolute atomic E-state index is 0.255. The molecule has 1 heterocycles. The third-order valence-electron chi connectivity index (χ3n) is 2.78. The fraction of sp³-hybridized carbons (Fsp3) is 0.909. The van der Waals surface area contributed by atoms with Gasteiger partial charge in [0.2, 0.25) is 5.91 Å². The van der Waals surface area contributed by atoms with Gasteiger partial charge in [0.05, 0.1) is 0 Å². The number of likely N-dealkylation sites (tertiary alicyclic amines) is 1. The molecule has 0 spiro atoms. The molecule has 1 amide bonds. The van der Waals surface area contributed by atoms with E-state index in [1.165, 1.54) is 25.7 Å². The smallest absolute Gasteiger partial charge is 0.219 e.